The van der Waals surface area contributed by atoms with Gasteiger partial charge in [-0.15, -0.1) is 0 Å². The largest absolute Gasteiger partial charge is 0.488 e. The molecule has 6 rings (SSSR count). The number of hydrogen-bond donors (Lipinski definition) is 2. The number of aromatic nitrogens is 3. The lowest BCUT2D eigenvalue weighted by molar-refractivity contribution is 0.426. The zero-order chi connectivity index (χ0) is 25.2. The van der Waals surface area contributed by atoms with Gasteiger partial charge in [-0.3, -0.25) is 0 Å². The standard InChI is InChI=1S/C31H22BN3O2/c36-32(37)26-17-15-21(16-18-26)28-20-25(19-24-13-7-8-14-27(24)28)31-34-29(22-9-3-1-4-10-22)33-30(35-31)23-11-5-2-6-12-23/h1-20,36-37H. The van der Waals surface area contributed by atoms with E-state index in [1.165, 1.54) is 0 Å². The van der Waals surface area contributed by atoms with Gasteiger partial charge in [0, 0.05) is 16.7 Å². The highest BCUT2D eigenvalue weighted by atomic mass is 16.4. The van der Waals surface area contributed by atoms with Crippen molar-refractivity contribution in [2.75, 3.05) is 0 Å². The van der Waals surface area contributed by atoms with E-state index in [4.69, 9.17) is 15.0 Å². The van der Waals surface area contributed by atoms with E-state index < -0.39 is 7.12 Å². The zero-order valence-corrected chi connectivity index (χ0v) is 19.9. The summed E-state index contributed by atoms with van der Waals surface area (Å²) in [4.78, 5) is 14.6. The van der Waals surface area contributed by atoms with E-state index >= 15 is 0 Å². The first kappa shape index (κ1) is 22.8. The van der Waals surface area contributed by atoms with Gasteiger partial charge in [-0.25, -0.2) is 15.0 Å². The zero-order valence-electron chi connectivity index (χ0n) is 19.9. The van der Waals surface area contributed by atoms with Crippen LogP contribution in [0.25, 0.3) is 56.1 Å². The van der Waals surface area contributed by atoms with Gasteiger partial charge in [-0.05, 0) is 39.5 Å². The average Bonchev–Trinajstić information content (AvgIpc) is 2.97. The van der Waals surface area contributed by atoms with E-state index in [1.807, 2.05) is 84.9 Å². The summed E-state index contributed by atoms with van der Waals surface area (Å²) < 4.78 is 0. The maximum atomic E-state index is 9.52. The summed E-state index contributed by atoms with van der Waals surface area (Å²) in [6, 6.07) is 39.5. The third-order valence-corrected chi connectivity index (χ3v) is 6.34. The molecule has 1 heterocycles. The molecule has 0 saturated heterocycles. The molecule has 176 valence electrons. The van der Waals surface area contributed by atoms with E-state index in [0.717, 1.165) is 38.6 Å². The molecule has 0 spiro atoms. The molecule has 6 heteroatoms. The van der Waals surface area contributed by atoms with Crippen LogP contribution in [0.2, 0.25) is 0 Å². The Labute approximate surface area is 214 Å². The Morgan fingerprint density at radius 1 is 0.459 bits per heavy atom. The van der Waals surface area contributed by atoms with E-state index in [-0.39, 0.29) is 0 Å². The predicted octanol–water partition coefficient (Wildman–Crippen LogP) is 5.37. The van der Waals surface area contributed by atoms with E-state index in [0.29, 0.717) is 22.9 Å². The molecule has 0 saturated carbocycles. The molecule has 0 fully saturated rings. The Bertz CT molecular complexity index is 1630. The molecule has 0 radical (unpaired) electrons. The van der Waals surface area contributed by atoms with Gasteiger partial charge in [-0.2, -0.15) is 0 Å². The van der Waals surface area contributed by atoms with Crippen LogP contribution in [0, 0.1) is 0 Å². The van der Waals surface area contributed by atoms with Crippen molar-refractivity contribution in [3.8, 4) is 45.3 Å². The lowest BCUT2D eigenvalue weighted by atomic mass is 9.79. The van der Waals surface area contributed by atoms with Crippen molar-refractivity contribution < 1.29 is 10.0 Å². The van der Waals surface area contributed by atoms with Crippen molar-refractivity contribution in [3.05, 3.63) is 121 Å². The van der Waals surface area contributed by atoms with Crippen LogP contribution in [0.3, 0.4) is 0 Å². The second kappa shape index (κ2) is 9.78. The van der Waals surface area contributed by atoms with Gasteiger partial charge in [-0.1, -0.05) is 109 Å². The van der Waals surface area contributed by atoms with Gasteiger partial charge in [0.25, 0.3) is 0 Å². The van der Waals surface area contributed by atoms with Gasteiger partial charge in [0.05, 0.1) is 0 Å². The molecular weight excluding hydrogens is 457 g/mol. The summed E-state index contributed by atoms with van der Waals surface area (Å²) in [6.07, 6.45) is 0. The summed E-state index contributed by atoms with van der Waals surface area (Å²) in [5.74, 6) is 1.81. The Balaban J connectivity index is 1.57. The second-order valence-electron chi connectivity index (χ2n) is 8.78. The minimum atomic E-state index is -1.50. The van der Waals surface area contributed by atoms with Gasteiger partial charge in [0.1, 0.15) is 0 Å². The Hall–Kier alpha value is -4.65. The number of hydrogen-bond acceptors (Lipinski definition) is 5. The molecule has 1 aromatic heterocycles. The SMILES string of the molecule is OB(O)c1ccc(-c2cc(-c3nc(-c4ccccc4)nc(-c4ccccc4)n3)cc3ccccc23)cc1. The van der Waals surface area contributed by atoms with E-state index in [1.54, 1.807) is 12.1 Å². The summed E-state index contributed by atoms with van der Waals surface area (Å²) in [7, 11) is -1.50. The third-order valence-electron chi connectivity index (χ3n) is 6.34. The summed E-state index contributed by atoms with van der Waals surface area (Å²) >= 11 is 0. The molecule has 0 unspecified atom stereocenters. The molecule has 37 heavy (non-hydrogen) atoms. The molecule has 0 aliphatic carbocycles. The Kier molecular flexibility index (Phi) is 6.02. The average molecular weight is 479 g/mol. The first-order valence-corrected chi connectivity index (χ1v) is 12.0. The number of benzene rings is 5. The number of fused-ring (bicyclic) bond motifs is 1. The highest BCUT2D eigenvalue weighted by Crippen LogP contribution is 2.34. The van der Waals surface area contributed by atoms with Crippen molar-refractivity contribution in [1.29, 1.82) is 0 Å². The fourth-order valence-corrected chi connectivity index (χ4v) is 4.45. The van der Waals surface area contributed by atoms with Gasteiger partial charge < -0.3 is 10.0 Å². The first-order chi connectivity index (χ1) is 18.2. The van der Waals surface area contributed by atoms with Gasteiger partial charge >= 0.3 is 7.12 Å². The lowest BCUT2D eigenvalue weighted by Crippen LogP contribution is -2.29. The molecule has 2 N–H and O–H groups in total. The molecule has 0 amide bonds. The highest BCUT2D eigenvalue weighted by molar-refractivity contribution is 6.58. The van der Waals surface area contributed by atoms with Gasteiger partial charge in [0.15, 0.2) is 17.5 Å². The van der Waals surface area contributed by atoms with E-state index in [9.17, 15) is 10.0 Å². The quantitative estimate of drug-likeness (QED) is 0.325. The highest BCUT2D eigenvalue weighted by Gasteiger charge is 2.16. The van der Waals surface area contributed by atoms with Crippen LogP contribution in [0.5, 0.6) is 0 Å². The van der Waals surface area contributed by atoms with E-state index in [2.05, 4.69) is 24.3 Å². The smallest absolute Gasteiger partial charge is 0.423 e. The number of rotatable bonds is 5. The Morgan fingerprint density at radius 3 is 1.54 bits per heavy atom. The maximum Gasteiger partial charge on any atom is 0.488 e. The molecular formula is C31H22BN3O2. The molecule has 0 bridgehead atoms. The van der Waals surface area contributed by atoms with Crippen molar-refractivity contribution in [1.82, 2.24) is 15.0 Å². The van der Waals surface area contributed by atoms with Crippen molar-refractivity contribution in [3.63, 3.8) is 0 Å². The van der Waals surface area contributed by atoms with Gasteiger partial charge in [0.2, 0.25) is 0 Å². The van der Waals surface area contributed by atoms with Crippen molar-refractivity contribution in [2.24, 2.45) is 0 Å². The monoisotopic (exact) mass is 479 g/mol. The van der Waals surface area contributed by atoms with Crippen LogP contribution in [0.4, 0.5) is 0 Å². The van der Waals surface area contributed by atoms with Crippen LogP contribution in [-0.4, -0.2) is 32.1 Å². The second-order valence-corrected chi connectivity index (χ2v) is 8.78. The molecule has 6 aromatic rings. The van der Waals surface area contributed by atoms with Crippen molar-refractivity contribution >= 4 is 23.4 Å². The molecule has 0 aliphatic rings. The predicted molar refractivity (Wildman–Crippen MR) is 149 cm³/mol. The fourth-order valence-electron chi connectivity index (χ4n) is 4.45. The normalized spacial score (nSPS) is 11.0. The summed E-state index contributed by atoms with van der Waals surface area (Å²) in [6.45, 7) is 0. The third kappa shape index (κ3) is 4.63. The van der Waals surface area contributed by atoms with Crippen molar-refractivity contribution in [2.45, 2.75) is 0 Å². The minimum absolute atomic E-state index is 0.446. The number of nitrogens with zero attached hydrogens (tertiary/aromatic N) is 3. The van der Waals surface area contributed by atoms with Crippen LogP contribution in [-0.2, 0) is 0 Å². The first-order valence-electron chi connectivity index (χ1n) is 12.0. The Morgan fingerprint density at radius 2 is 0.973 bits per heavy atom. The summed E-state index contributed by atoms with van der Waals surface area (Å²) in [5.41, 5.74) is 5.13. The summed E-state index contributed by atoms with van der Waals surface area (Å²) in [5, 5.41) is 21.2. The minimum Gasteiger partial charge on any atom is -0.423 e. The topological polar surface area (TPSA) is 79.1 Å². The molecule has 5 aromatic carbocycles. The van der Waals surface area contributed by atoms with Crippen LogP contribution >= 0.6 is 0 Å². The van der Waals surface area contributed by atoms with Crippen LogP contribution in [0.1, 0.15) is 0 Å². The molecule has 0 atom stereocenters. The molecule has 5 nitrogen and oxygen atoms in total. The molecule has 0 aliphatic heterocycles. The maximum absolute atomic E-state index is 9.52. The fraction of sp³-hybridized carbons (Fsp3) is 0. The van der Waals surface area contributed by atoms with Crippen LogP contribution < -0.4 is 5.46 Å². The van der Waals surface area contributed by atoms with Crippen LogP contribution in [0.15, 0.2) is 121 Å². The lowest BCUT2D eigenvalue weighted by Gasteiger charge is -2.13.